The zero-order chi connectivity index (χ0) is 12.1. The number of nitrogens with zero attached hydrogens (tertiary/aromatic N) is 2. The third-order valence-electron chi connectivity index (χ3n) is 1.94. The Morgan fingerprint density at radius 1 is 0.824 bits per heavy atom. The molecule has 0 saturated heterocycles. The molecule has 0 aromatic carbocycles. The first kappa shape index (κ1) is 11.9. The van der Waals surface area contributed by atoms with Crippen LogP contribution in [-0.2, 0) is 19.0 Å². The van der Waals surface area contributed by atoms with E-state index in [1.807, 2.05) is 0 Å². The van der Waals surface area contributed by atoms with Crippen molar-refractivity contribution in [3.8, 4) is 0 Å². The van der Waals surface area contributed by atoms with E-state index in [9.17, 15) is 8.42 Å². The highest BCUT2D eigenvalue weighted by molar-refractivity contribution is 7.81. The molecule has 2 aliphatic rings. The van der Waals surface area contributed by atoms with Crippen molar-refractivity contribution < 1.29 is 17.0 Å². The van der Waals surface area contributed by atoms with Gasteiger partial charge in [0.2, 0.25) is 0 Å². The van der Waals surface area contributed by atoms with Crippen molar-refractivity contribution in [2.24, 2.45) is 0 Å². The van der Waals surface area contributed by atoms with E-state index in [0.717, 1.165) is 0 Å². The summed E-state index contributed by atoms with van der Waals surface area (Å²) in [5.74, 6) is 0. The highest BCUT2D eigenvalue weighted by Crippen LogP contribution is 2.09. The zero-order valence-electron chi connectivity index (χ0n) is 8.97. The van der Waals surface area contributed by atoms with E-state index >= 15 is 0 Å². The molecule has 92 valence electrons. The Bertz CT molecular complexity index is 441. The lowest BCUT2D eigenvalue weighted by Crippen LogP contribution is -2.30. The van der Waals surface area contributed by atoms with E-state index in [2.05, 4.69) is 0 Å². The Labute approximate surface area is 100.0 Å². The Kier molecular flexibility index (Phi) is 3.62. The molecule has 0 saturated carbocycles. The van der Waals surface area contributed by atoms with Crippen molar-refractivity contribution in [2.45, 2.75) is 0 Å². The van der Waals surface area contributed by atoms with E-state index in [-0.39, 0.29) is 0 Å². The molecule has 17 heavy (non-hydrogen) atoms. The highest BCUT2D eigenvalue weighted by Gasteiger charge is 2.20. The smallest absolute Gasteiger partial charge is 0.238 e. The first-order valence-corrected chi connectivity index (χ1v) is 6.33. The van der Waals surface area contributed by atoms with Gasteiger partial charge in [0.1, 0.15) is 0 Å². The fourth-order valence-electron chi connectivity index (χ4n) is 1.26. The quantitative estimate of drug-likeness (QED) is 0.743. The molecule has 2 rings (SSSR count). The van der Waals surface area contributed by atoms with Crippen LogP contribution in [0.4, 0.5) is 0 Å². The highest BCUT2D eigenvalue weighted by atomic mass is 32.3. The normalized spacial score (nSPS) is 19.1. The molecule has 2 heterocycles. The molecule has 2 aliphatic heterocycles. The summed E-state index contributed by atoms with van der Waals surface area (Å²) in [5.41, 5.74) is 0. The maximum absolute atomic E-state index is 11.5. The van der Waals surface area contributed by atoms with Gasteiger partial charge < -0.3 is 0 Å². The van der Waals surface area contributed by atoms with Gasteiger partial charge in [-0.1, -0.05) is 24.3 Å². The van der Waals surface area contributed by atoms with E-state index in [1.54, 1.807) is 36.5 Å². The molecule has 0 unspecified atom stereocenters. The van der Waals surface area contributed by atoms with Crippen molar-refractivity contribution in [3.05, 3.63) is 48.9 Å². The Hall–Kier alpha value is -1.57. The summed E-state index contributed by atoms with van der Waals surface area (Å²) in [6.45, 7) is 0.712. The maximum atomic E-state index is 11.5. The van der Waals surface area contributed by atoms with Crippen LogP contribution in [0.1, 0.15) is 0 Å². The lowest BCUT2D eigenvalue weighted by molar-refractivity contribution is -0.0609. The van der Waals surface area contributed by atoms with Gasteiger partial charge in [-0.05, 0) is 12.2 Å². The van der Waals surface area contributed by atoms with E-state index < -0.39 is 10.4 Å². The van der Waals surface area contributed by atoms with Crippen LogP contribution < -0.4 is 0 Å². The Balaban J connectivity index is 1.90. The molecule has 0 amide bonds. The summed E-state index contributed by atoms with van der Waals surface area (Å²) >= 11 is 0. The minimum atomic E-state index is -4.10. The fraction of sp³-hybridized carbons (Fsp3) is 0.200. The van der Waals surface area contributed by atoms with E-state index in [4.69, 9.17) is 8.57 Å². The van der Waals surface area contributed by atoms with Gasteiger partial charge in [0, 0.05) is 12.4 Å². The van der Waals surface area contributed by atoms with Crippen LogP contribution in [-0.4, -0.2) is 31.6 Å². The van der Waals surface area contributed by atoms with Crippen LogP contribution in [0.5, 0.6) is 0 Å². The molecular weight excluding hydrogens is 244 g/mol. The van der Waals surface area contributed by atoms with Gasteiger partial charge in [0.05, 0.1) is 13.1 Å². The van der Waals surface area contributed by atoms with Gasteiger partial charge in [-0.2, -0.15) is 8.42 Å². The maximum Gasteiger partial charge on any atom is 0.442 e. The van der Waals surface area contributed by atoms with Gasteiger partial charge in [-0.3, -0.25) is 0 Å². The monoisotopic (exact) mass is 256 g/mol. The number of rotatable bonds is 4. The zero-order valence-corrected chi connectivity index (χ0v) is 9.79. The Morgan fingerprint density at radius 3 is 1.65 bits per heavy atom. The molecule has 6 nitrogen and oxygen atoms in total. The average molecular weight is 256 g/mol. The molecular formula is C10H12N2O4S. The van der Waals surface area contributed by atoms with E-state index in [1.165, 1.54) is 22.5 Å². The standard InChI is InChI=1S/C10H12N2O4S/c13-17(14,15-11-7-3-1-4-8-11)16-12-9-5-2-6-10-12/h1-7,9H,8,10H2. The lowest BCUT2D eigenvalue weighted by atomic mass is 10.4. The SMILES string of the molecule is O=S(=O)(ON1C=CC=CC1)ON1C=CC=CC1. The Morgan fingerprint density at radius 2 is 1.29 bits per heavy atom. The average Bonchev–Trinajstić information content (AvgIpc) is 2.30. The second kappa shape index (κ2) is 5.17. The molecule has 0 bridgehead atoms. The summed E-state index contributed by atoms with van der Waals surface area (Å²) in [7, 11) is -4.10. The van der Waals surface area contributed by atoms with E-state index in [0.29, 0.717) is 13.1 Å². The van der Waals surface area contributed by atoms with Gasteiger partial charge in [0.15, 0.2) is 0 Å². The molecule has 0 spiro atoms. The topological polar surface area (TPSA) is 59.1 Å². The lowest BCUT2D eigenvalue weighted by Gasteiger charge is -2.22. The van der Waals surface area contributed by atoms with Gasteiger partial charge in [-0.25, -0.2) is 10.1 Å². The van der Waals surface area contributed by atoms with Crippen LogP contribution in [0.2, 0.25) is 0 Å². The number of hydrogen-bond acceptors (Lipinski definition) is 6. The van der Waals surface area contributed by atoms with Crippen molar-refractivity contribution >= 4 is 10.4 Å². The summed E-state index contributed by atoms with van der Waals surface area (Å²) in [6, 6.07) is 0. The summed E-state index contributed by atoms with van der Waals surface area (Å²) in [5, 5.41) is 2.33. The van der Waals surface area contributed by atoms with Crippen LogP contribution in [0, 0.1) is 0 Å². The molecule has 0 aliphatic carbocycles. The number of allylic oxidation sites excluding steroid dienone is 4. The minimum absolute atomic E-state index is 0.356. The molecule has 0 N–H and O–H groups in total. The van der Waals surface area contributed by atoms with Crippen molar-refractivity contribution in [3.63, 3.8) is 0 Å². The van der Waals surface area contributed by atoms with Gasteiger partial charge in [-0.15, -0.1) is 8.57 Å². The number of hydroxylamine groups is 4. The third-order valence-corrected chi connectivity index (χ3v) is 2.69. The van der Waals surface area contributed by atoms with Crippen molar-refractivity contribution in [1.82, 2.24) is 10.1 Å². The predicted octanol–water partition coefficient (Wildman–Crippen LogP) is 0.865. The summed E-state index contributed by atoms with van der Waals surface area (Å²) < 4.78 is 32.5. The van der Waals surface area contributed by atoms with Crippen molar-refractivity contribution in [2.75, 3.05) is 13.1 Å². The number of hydrogen-bond donors (Lipinski definition) is 0. The third kappa shape index (κ3) is 3.74. The molecule has 0 radical (unpaired) electrons. The summed E-state index contributed by atoms with van der Waals surface area (Å²) in [6.07, 6.45) is 13.5. The molecule has 0 aromatic heterocycles. The molecule has 0 fully saturated rings. The van der Waals surface area contributed by atoms with Gasteiger partial charge in [0.25, 0.3) is 0 Å². The van der Waals surface area contributed by atoms with Gasteiger partial charge >= 0.3 is 10.4 Å². The van der Waals surface area contributed by atoms with Crippen LogP contribution in [0.3, 0.4) is 0 Å². The van der Waals surface area contributed by atoms with Crippen LogP contribution >= 0.6 is 0 Å². The second-order valence-corrected chi connectivity index (χ2v) is 4.41. The second-order valence-electron chi connectivity index (χ2n) is 3.30. The molecule has 7 heteroatoms. The first-order chi connectivity index (χ1) is 8.16. The van der Waals surface area contributed by atoms with Crippen LogP contribution in [0.25, 0.3) is 0 Å². The predicted molar refractivity (Wildman–Crippen MR) is 61.1 cm³/mol. The first-order valence-electron chi connectivity index (χ1n) is 5.00. The largest absolute Gasteiger partial charge is 0.442 e. The van der Waals surface area contributed by atoms with Crippen LogP contribution in [0.15, 0.2) is 48.9 Å². The molecule has 0 aromatic rings. The summed E-state index contributed by atoms with van der Waals surface area (Å²) in [4.78, 5) is 0. The van der Waals surface area contributed by atoms with Crippen molar-refractivity contribution in [1.29, 1.82) is 0 Å². The molecule has 0 atom stereocenters. The minimum Gasteiger partial charge on any atom is -0.238 e. The fourth-order valence-corrected chi connectivity index (χ4v) is 1.98.